The summed E-state index contributed by atoms with van der Waals surface area (Å²) >= 11 is 0. The number of carbonyl (C=O) groups is 1. The Kier molecular flexibility index (Phi) is 7.58. The average molecular weight is 499 g/mol. The van der Waals surface area contributed by atoms with E-state index in [1.807, 2.05) is 33.8 Å². The summed E-state index contributed by atoms with van der Waals surface area (Å²) in [5, 5.41) is 2.90. The smallest absolute Gasteiger partial charge is 0.433 e. The summed E-state index contributed by atoms with van der Waals surface area (Å²) in [5.74, 6) is -2.19. The first kappa shape index (κ1) is 26.3. The van der Waals surface area contributed by atoms with Gasteiger partial charge < -0.3 is 19.5 Å². The molecule has 0 bridgehead atoms. The van der Waals surface area contributed by atoms with E-state index in [0.29, 0.717) is 6.54 Å². The topological polar surface area (TPSA) is 103 Å². The van der Waals surface area contributed by atoms with E-state index in [9.17, 15) is 27.6 Å². The number of piperazine rings is 1. The zero-order chi connectivity index (χ0) is 26.1. The number of alkyl halides is 3. The Labute approximate surface area is 199 Å². The molecule has 13 heteroatoms. The molecule has 1 saturated heterocycles. The average Bonchev–Trinajstić information content (AvgIpc) is 3.15. The number of carbonyl (C=O) groups excluding carboxylic acids is 1. The number of halogens is 3. The minimum Gasteiger partial charge on any atom is -0.433 e. The third-order valence-electron chi connectivity index (χ3n) is 5.50. The van der Waals surface area contributed by atoms with Crippen molar-refractivity contribution in [3.05, 3.63) is 44.1 Å². The lowest BCUT2D eigenvalue weighted by Crippen LogP contribution is -2.55. The first-order chi connectivity index (χ1) is 16.3. The van der Waals surface area contributed by atoms with Crippen LogP contribution in [0, 0.1) is 0 Å². The van der Waals surface area contributed by atoms with Gasteiger partial charge in [0.15, 0.2) is 17.4 Å². The zero-order valence-electron chi connectivity index (χ0n) is 20.3. The molecule has 1 unspecified atom stereocenters. The second-order valence-corrected chi connectivity index (χ2v) is 8.77. The Morgan fingerprint density at radius 2 is 1.71 bits per heavy atom. The monoisotopic (exact) mass is 498 g/mol. The molecule has 1 atom stereocenters. The third kappa shape index (κ3) is 5.50. The van der Waals surface area contributed by atoms with Crippen molar-refractivity contribution in [3.63, 3.8) is 0 Å². The highest BCUT2D eigenvalue weighted by molar-refractivity contribution is 5.77. The van der Waals surface area contributed by atoms with E-state index in [4.69, 9.17) is 4.74 Å². The lowest BCUT2D eigenvalue weighted by atomic mass is 10.3. The Balaban J connectivity index is 2.24. The number of allylic oxidation sites excluding steroid dienone is 4. The fourth-order valence-corrected chi connectivity index (χ4v) is 3.66. The van der Waals surface area contributed by atoms with Crippen LogP contribution in [0.5, 0.6) is 0 Å². The molecule has 192 valence electrons. The van der Waals surface area contributed by atoms with Gasteiger partial charge in [0.2, 0.25) is 5.95 Å². The third-order valence-corrected chi connectivity index (χ3v) is 5.50. The van der Waals surface area contributed by atoms with Crippen molar-refractivity contribution in [2.75, 3.05) is 24.5 Å². The van der Waals surface area contributed by atoms with Gasteiger partial charge in [-0.25, -0.2) is 9.59 Å². The molecule has 3 rings (SSSR count). The Morgan fingerprint density at radius 3 is 2.29 bits per heavy atom. The van der Waals surface area contributed by atoms with Crippen LogP contribution in [-0.2, 0) is 29.7 Å². The van der Waals surface area contributed by atoms with Gasteiger partial charge in [0, 0.05) is 33.2 Å². The minimum atomic E-state index is -5.16. The number of aromatic nitrogens is 4. The van der Waals surface area contributed by atoms with Crippen LogP contribution in [0.2, 0.25) is 0 Å². The van der Waals surface area contributed by atoms with E-state index in [0.717, 1.165) is 15.7 Å². The predicted molar refractivity (Wildman–Crippen MR) is 124 cm³/mol. The maximum Gasteiger partial charge on any atom is 0.491 e. The summed E-state index contributed by atoms with van der Waals surface area (Å²) in [5.41, 5.74) is 0.936. The van der Waals surface area contributed by atoms with Crippen LogP contribution in [-0.4, -0.2) is 56.7 Å². The van der Waals surface area contributed by atoms with Gasteiger partial charge in [0.1, 0.15) is 0 Å². The van der Waals surface area contributed by atoms with Crippen molar-refractivity contribution in [1.29, 1.82) is 0 Å². The number of aryl methyl sites for hydroxylation is 1. The molecule has 1 aliphatic rings. The van der Waals surface area contributed by atoms with Crippen LogP contribution in [0.15, 0.2) is 32.9 Å². The molecular formula is C22H29F3N6O4. The highest BCUT2D eigenvalue weighted by Gasteiger charge is 2.44. The van der Waals surface area contributed by atoms with E-state index in [1.54, 1.807) is 10.6 Å². The largest absolute Gasteiger partial charge is 0.491 e. The fourth-order valence-electron chi connectivity index (χ4n) is 3.66. The van der Waals surface area contributed by atoms with Crippen molar-refractivity contribution in [2.45, 2.75) is 53.2 Å². The molecule has 2 aromatic rings. The van der Waals surface area contributed by atoms with Crippen molar-refractivity contribution < 1.29 is 22.7 Å². The van der Waals surface area contributed by atoms with Gasteiger partial charge in [0.05, 0.1) is 6.54 Å². The number of rotatable bonds is 6. The molecule has 35 heavy (non-hydrogen) atoms. The normalized spacial score (nSPS) is 16.3. The van der Waals surface area contributed by atoms with Gasteiger partial charge in [-0.3, -0.25) is 13.9 Å². The molecule has 0 saturated carbocycles. The summed E-state index contributed by atoms with van der Waals surface area (Å²) < 4.78 is 47.3. The van der Waals surface area contributed by atoms with Crippen LogP contribution in [0.4, 0.5) is 19.1 Å². The SMILES string of the molecule is CC(C)=CCn1c(=O)c2c(nc(N3CCNCC3OC(=O)C(F)(F)F)n2CC=C(C)C)n(C)c1=O. The van der Waals surface area contributed by atoms with Crippen LogP contribution < -0.4 is 21.5 Å². The highest BCUT2D eigenvalue weighted by atomic mass is 19.4. The number of esters is 1. The molecule has 1 fully saturated rings. The summed E-state index contributed by atoms with van der Waals surface area (Å²) in [6.45, 7) is 8.12. The van der Waals surface area contributed by atoms with Gasteiger partial charge >= 0.3 is 17.8 Å². The lowest BCUT2D eigenvalue weighted by Gasteiger charge is -2.36. The molecule has 0 amide bonds. The van der Waals surface area contributed by atoms with Crippen LogP contribution in [0.1, 0.15) is 27.7 Å². The molecule has 0 radical (unpaired) electrons. The van der Waals surface area contributed by atoms with Crippen LogP contribution in [0.3, 0.4) is 0 Å². The summed E-state index contributed by atoms with van der Waals surface area (Å²) in [4.78, 5) is 43.8. The molecule has 0 aliphatic carbocycles. The lowest BCUT2D eigenvalue weighted by molar-refractivity contribution is -0.205. The number of nitrogens with one attached hydrogen (secondary N) is 1. The Hall–Kier alpha value is -3.35. The molecule has 1 aliphatic heterocycles. The standard InChI is InChI=1S/C22H29F3N6O4/c1-13(2)6-9-30-16-17(28(5)21(34)31(18(16)32)10-7-14(3)4)27-20(30)29-11-8-26-12-15(29)35-19(33)22(23,24)25/h6-7,15,26H,8-12H2,1-5H3. The number of hydrogen-bond donors (Lipinski definition) is 1. The van der Waals surface area contributed by atoms with Crippen LogP contribution in [0.25, 0.3) is 11.2 Å². The summed E-state index contributed by atoms with van der Waals surface area (Å²) in [7, 11) is 1.48. The number of hydrogen-bond acceptors (Lipinski definition) is 7. The predicted octanol–water partition coefficient (Wildman–Crippen LogP) is 1.67. The van der Waals surface area contributed by atoms with Crippen molar-refractivity contribution in [3.8, 4) is 0 Å². The maximum absolute atomic E-state index is 13.4. The maximum atomic E-state index is 13.4. The molecular weight excluding hydrogens is 469 g/mol. The number of anilines is 1. The summed E-state index contributed by atoms with van der Waals surface area (Å²) in [6, 6.07) is 0. The Morgan fingerprint density at radius 1 is 1.11 bits per heavy atom. The van der Waals surface area contributed by atoms with Crippen molar-refractivity contribution in [2.24, 2.45) is 7.05 Å². The van der Waals surface area contributed by atoms with Gasteiger partial charge in [-0.05, 0) is 27.7 Å². The van der Waals surface area contributed by atoms with E-state index in [1.165, 1.54) is 16.5 Å². The van der Waals surface area contributed by atoms with E-state index in [2.05, 4.69) is 10.3 Å². The fraction of sp³-hybridized carbons (Fsp3) is 0.545. The van der Waals surface area contributed by atoms with Crippen LogP contribution >= 0.6 is 0 Å². The first-order valence-corrected chi connectivity index (χ1v) is 11.0. The first-order valence-electron chi connectivity index (χ1n) is 11.0. The molecule has 0 spiro atoms. The minimum absolute atomic E-state index is 0.0619. The summed E-state index contributed by atoms with van der Waals surface area (Å²) in [6.07, 6.45) is -2.90. The van der Waals surface area contributed by atoms with Gasteiger partial charge in [-0.2, -0.15) is 18.2 Å². The van der Waals surface area contributed by atoms with Gasteiger partial charge in [-0.1, -0.05) is 23.3 Å². The molecule has 10 nitrogen and oxygen atoms in total. The number of ether oxygens (including phenoxy) is 1. The number of imidazole rings is 1. The van der Waals surface area contributed by atoms with Gasteiger partial charge in [-0.15, -0.1) is 0 Å². The second-order valence-electron chi connectivity index (χ2n) is 8.77. The van der Waals surface area contributed by atoms with Gasteiger partial charge in [0.25, 0.3) is 5.56 Å². The quantitative estimate of drug-likeness (QED) is 0.477. The van der Waals surface area contributed by atoms with E-state index in [-0.39, 0.29) is 43.3 Å². The molecule has 1 N–H and O–H groups in total. The number of nitrogens with zero attached hydrogens (tertiary/aromatic N) is 5. The molecule has 0 aromatic carbocycles. The molecule has 2 aromatic heterocycles. The highest BCUT2D eigenvalue weighted by Crippen LogP contribution is 2.25. The van der Waals surface area contributed by atoms with Crippen molar-refractivity contribution >= 4 is 23.1 Å². The number of fused-ring (bicyclic) bond motifs is 1. The van der Waals surface area contributed by atoms with E-state index < -0.39 is 29.6 Å². The Bertz CT molecular complexity index is 1290. The second kappa shape index (κ2) is 10.1. The zero-order valence-corrected chi connectivity index (χ0v) is 20.3. The van der Waals surface area contributed by atoms with E-state index >= 15 is 0 Å². The molecule has 3 heterocycles. The van der Waals surface area contributed by atoms with Crippen molar-refractivity contribution in [1.82, 2.24) is 24.0 Å².